The zero-order valence-corrected chi connectivity index (χ0v) is 15.3. The van der Waals surface area contributed by atoms with Crippen molar-refractivity contribution in [1.82, 2.24) is 5.32 Å². The number of benzene rings is 1. The summed E-state index contributed by atoms with van der Waals surface area (Å²) in [6.07, 6.45) is 5.08. The Morgan fingerprint density at radius 3 is 2.69 bits per heavy atom. The number of hydrogen-bond acceptors (Lipinski definition) is 4. The number of hydrogen-bond donors (Lipinski definition) is 2. The zero-order valence-electron chi connectivity index (χ0n) is 15.3. The molecule has 144 valence electrons. The summed E-state index contributed by atoms with van der Waals surface area (Å²) in [5.74, 6) is 0.126. The molecule has 1 aliphatic heterocycles. The quantitative estimate of drug-likeness (QED) is 0.855. The van der Waals surface area contributed by atoms with Crippen molar-refractivity contribution < 1.29 is 18.6 Å². The summed E-state index contributed by atoms with van der Waals surface area (Å²) in [5.41, 5.74) is 1.99. The fraction of sp³-hybridized carbons (Fsp3) is 0.700. The van der Waals surface area contributed by atoms with Crippen molar-refractivity contribution >= 4 is 5.69 Å². The van der Waals surface area contributed by atoms with Crippen LogP contribution in [0.25, 0.3) is 0 Å². The van der Waals surface area contributed by atoms with Crippen molar-refractivity contribution in [2.24, 2.45) is 0 Å². The average Bonchev–Trinajstić information content (AvgIpc) is 2.61. The van der Waals surface area contributed by atoms with E-state index in [-0.39, 0.29) is 11.3 Å². The Balaban J connectivity index is 1.59. The Morgan fingerprint density at radius 2 is 2.04 bits per heavy atom. The third-order valence-electron chi connectivity index (χ3n) is 6.34. The van der Waals surface area contributed by atoms with Crippen LogP contribution in [-0.2, 0) is 0 Å². The minimum Gasteiger partial charge on any atom is -0.431 e. The Morgan fingerprint density at radius 1 is 1.27 bits per heavy atom. The van der Waals surface area contributed by atoms with Crippen LogP contribution in [0.2, 0.25) is 0 Å². The third-order valence-corrected chi connectivity index (χ3v) is 6.34. The molecule has 1 saturated heterocycles. The number of anilines is 1. The van der Waals surface area contributed by atoms with E-state index in [1.54, 1.807) is 13.0 Å². The van der Waals surface area contributed by atoms with Crippen LogP contribution >= 0.6 is 0 Å². The average molecular weight is 366 g/mol. The highest BCUT2D eigenvalue weighted by atomic mass is 19.3. The second kappa shape index (κ2) is 6.64. The number of nitrogens with one attached hydrogen (secondary N) is 1. The predicted octanol–water partition coefficient (Wildman–Crippen LogP) is 3.60. The largest absolute Gasteiger partial charge is 0.431 e. The number of rotatable bonds is 4. The van der Waals surface area contributed by atoms with E-state index in [1.807, 2.05) is 12.1 Å². The summed E-state index contributed by atoms with van der Waals surface area (Å²) in [6, 6.07) is 6.44. The lowest BCUT2D eigenvalue weighted by Crippen LogP contribution is -2.72. The lowest BCUT2D eigenvalue weighted by Gasteiger charge is -2.58. The summed E-state index contributed by atoms with van der Waals surface area (Å²) in [7, 11) is 0. The lowest BCUT2D eigenvalue weighted by molar-refractivity contribution is -0.201. The molecule has 0 radical (unpaired) electrons. The van der Waals surface area contributed by atoms with Gasteiger partial charge < -0.3 is 20.1 Å². The first kappa shape index (κ1) is 18.0. The van der Waals surface area contributed by atoms with E-state index in [0.717, 1.165) is 12.2 Å². The first-order chi connectivity index (χ1) is 12.4. The minimum absolute atomic E-state index is 0.126. The van der Waals surface area contributed by atoms with Crippen molar-refractivity contribution in [3.63, 3.8) is 0 Å². The molecule has 0 amide bonds. The van der Waals surface area contributed by atoms with Gasteiger partial charge >= 0.3 is 6.11 Å². The molecule has 6 heteroatoms. The molecule has 0 bridgehead atoms. The molecule has 2 N–H and O–H groups in total. The maximum atomic E-state index is 13.4. The number of ether oxygens (including phenoxy) is 1. The van der Waals surface area contributed by atoms with Crippen LogP contribution in [0, 0.1) is 6.92 Å². The van der Waals surface area contributed by atoms with Crippen LogP contribution in [0.3, 0.4) is 0 Å². The van der Waals surface area contributed by atoms with Gasteiger partial charge in [-0.2, -0.15) is 8.78 Å². The highest BCUT2D eigenvalue weighted by Crippen LogP contribution is 2.42. The summed E-state index contributed by atoms with van der Waals surface area (Å²) < 4.78 is 31.4. The molecule has 1 spiro atoms. The fourth-order valence-electron chi connectivity index (χ4n) is 4.84. The van der Waals surface area contributed by atoms with Gasteiger partial charge in [0.2, 0.25) is 0 Å². The Labute approximate surface area is 153 Å². The molecular weight excluding hydrogens is 338 g/mol. The highest BCUT2D eigenvalue weighted by molar-refractivity contribution is 5.55. The molecule has 4 rings (SSSR count). The van der Waals surface area contributed by atoms with E-state index >= 15 is 0 Å². The topological polar surface area (TPSA) is 44.7 Å². The van der Waals surface area contributed by atoms with Crippen LogP contribution in [0.1, 0.15) is 50.5 Å². The first-order valence-corrected chi connectivity index (χ1v) is 9.74. The molecule has 1 aromatic rings. The van der Waals surface area contributed by atoms with Crippen molar-refractivity contribution in [3.05, 3.63) is 23.8 Å². The van der Waals surface area contributed by atoms with Crippen molar-refractivity contribution in [2.75, 3.05) is 18.1 Å². The third kappa shape index (κ3) is 3.29. The summed E-state index contributed by atoms with van der Waals surface area (Å²) in [4.78, 5) is 2.50. The number of nitrogens with zero attached hydrogens (tertiary/aromatic N) is 1. The van der Waals surface area contributed by atoms with E-state index in [1.165, 1.54) is 44.9 Å². The van der Waals surface area contributed by atoms with E-state index in [0.29, 0.717) is 17.6 Å². The smallest absolute Gasteiger partial charge is 0.421 e. The number of halogens is 2. The molecule has 0 aromatic heterocycles. The maximum absolute atomic E-state index is 13.4. The molecular formula is C20H28F2N2O2. The highest BCUT2D eigenvalue weighted by Gasteiger charge is 2.48. The van der Waals surface area contributed by atoms with Gasteiger partial charge in [0.1, 0.15) is 12.4 Å². The van der Waals surface area contributed by atoms with Crippen LogP contribution in [0.5, 0.6) is 5.75 Å². The molecule has 3 aliphatic rings. The number of aliphatic hydroxyl groups is 1. The van der Waals surface area contributed by atoms with Crippen LogP contribution in [0.4, 0.5) is 14.5 Å². The second-order valence-corrected chi connectivity index (χ2v) is 8.21. The van der Waals surface area contributed by atoms with Gasteiger partial charge in [0.05, 0.1) is 0 Å². The molecule has 4 nitrogen and oxygen atoms in total. The summed E-state index contributed by atoms with van der Waals surface area (Å²) in [6.45, 7) is 1.45. The molecule has 1 aromatic carbocycles. The Kier molecular flexibility index (Phi) is 4.59. The van der Waals surface area contributed by atoms with Gasteiger partial charge in [0.15, 0.2) is 0 Å². The number of piperazine rings is 1. The van der Waals surface area contributed by atoms with Gasteiger partial charge in [-0.15, -0.1) is 0 Å². The molecule has 3 fully saturated rings. The van der Waals surface area contributed by atoms with Gasteiger partial charge in [0, 0.05) is 29.9 Å². The molecule has 2 atom stereocenters. The van der Waals surface area contributed by atoms with E-state index < -0.39 is 12.7 Å². The van der Waals surface area contributed by atoms with E-state index in [4.69, 9.17) is 5.11 Å². The predicted molar refractivity (Wildman–Crippen MR) is 96.9 cm³/mol. The van der Waals surface area contributed by atoms with Crippen molar-refractivity contribution in [2.45, 2.75) is 75.6 Å². The number of aliphatic hydroxyl groups excluding tert-OH is 1. The fourth-order valence-corrected chi connectivity index (χ4v) is 4.84. The first-order valence-electron chi connectivity index (χ1n) is 9.74. The van der Waals surface area contributed by atoms with Crippen molar-refractivity contribution in [1.29, 1.82) is 0 Å². The monoisotopic (exact) mass is 366 g/mol. The second-order valence-electron chi connectivity index (χ2n) is 8.21. The molecule has 1 heterocycles. The van der Waals surface area contributed by atoms with Gasteiger partial charge in [-0.1, -0.05) is 12.8 Å². The molecule has 0 unspecified atom stereocenters. The van der Waals surface area contributed by atoms with E-state index in [9.17, 15) is 8.78 Å². The SMILES string of the molecule is Cc1cc(N2CC3(CCC3)N[C@H]3CCCC[C@@H]32)ccc1OC(F)(F)CO. The molecule has 2 aliphatic carbocycles. The standard InChI is InChI=1S/C20H28F2N2O2/c1-14-11-15(7-8-18(14)26-20(21,22)13-25)24-12-19(9-4-10-19)23-16-5-2-3-6-17(16)24/h7-8,11,16-17,23,25H,2-6,9-10,12-13H2,1H3/t16-,17-/m0/s1. The number of fused-ring (bicyclic) bond motifs is 1. The van der Waals surface area contributed by atoms with E-state index in [2.05, 4.69) is 15.0 Å². The lowest BCUT2D eigenvalue weighted by atomic mass is 9.71. The number of alkyl halides is 2. The summed E-state index contributed by atoms with van der Waals surface area (Å²) in [5, 5.41) is 12.7. The zero-order chi connectivity index (χ0) is 18.4. The van der Waals surface area contributed by atoms with Gasteiger partial charge in [-0.05, 0) is 62.8 Å². The van der Waals surface area contributed by atoms with Crippen LogP contribution in [0.15, 0.2) is 18.2 Å². The molecule has 2 saturated carbocycles. The van der Waals surface area contributed by atoms with Gasteiger partial charge in [-0.25, -0.2) is 0 Å². The Hall–Kier alpha value is -1.40. The van der Waals surface area contributed by atoms with Crippen LogP contribution in [-0.4, -0.2) is 42.0 Å². The van der Waals surface area contributed by atoms with Crippen LogP contribution < -0.4 is 15.0 Å². The normalized spacial score (nSPS) is 27.8. The summed E-state index contributed by atoms with van der Waals surface area (Å²) >= 11 is 0. The maximum Gasteiger partial charge on any atom is 0.421 e. The molecule has 26 heavy (non-hydrogen) atoms. The minimum atomic E-state index is -3.55. The number of aryl methyl sites for hydroxylation is 1. The van der Waals surface area contributed by atoms with Crippen molar-refractivity contribution in [3.8, 4) is 5.75 Å². The van der Waals surface area contributed by atoms with Gasteiger partial charge in [0.25, 0.3) is 0 Å². The van der Waals surface area contributed by atoms with Gasteiger partial charge in [-0.3, -0.25) is 0 Å². The Bertz CT molecular complexity index is 663.